The van der Waals surface area contributed by atoms with Crippen molar-refractivity contribution >= 4 is 24.8 Å². The Kier molecular flexibility index (Phi) is 7.61. The van der Waals surface area contributed by atoms with E-state index in [-0.39, 0.29) is 30.2 Å². The van der Waals surface area contributed by atoms with Gasteiger partial charge in [0.25, 0.3) is 0 Å². The molecule has 3 nitrogen and oxygen atoms in total. The van der Waals surface area contributed by atoms with Crippen molar-refractivity contribution in [3.05, 3.63) is 23.2 Å². The molecule has 0 aliphatic carbocycles. The summed E-state index contributed by atoms with van der Waals surface area (Å²) in [5, 5.41) is 3.42. The number of nitrogens with zero attached hydrogens (tertiary/aromatic N) is 1. The highest BCUT2D eigenvalue weighted by molar-refractivity contribution is 5.85. The first-order chi connectivity index (χ1) is 8.39. The van der Waals surface area contributed by atoms with E-state index in [1.807, 2.05) is 0 Å². The van der Waals surface area contributed by atoms with Crippen LogP contribution in [0.25, 0.3) is 0 Å². The van der Waals surface area contributed by atoms with Crippen LogP contribution < -0.4 is 5.32 Å². The summed E-state index contributed by atoms with van der Waals surface area (Å²) in [4.78, 5) is 2.55. The van der Waals surface area contributed by atoms with Crippen LogP contribution in [0.1, 0.15) is 43.9 Å². The Bertz CT molecular complexity index is 387. The highest BCUT2D eigenvalue weighted by Crippen LogP contribution is 2.39. The molecule has 0 amide bonds. The molecule has 20 heavy (non-hydrogen) atoms. The molecule has 5 heteroatoms. The normalized spacial score (nSPS) is 18.1. The smallest absolute Gasteiger partial charge is 0.122 e. The molecule has 1 aliphatic heterocycles. The lowest BCUT2D eigenvalue weighted by atomic mass is 9.83. The van der Waals surface area contributed by atoms with Gasteiger partial charge < -0.3 is 9.73 Å². The van der Waals surface area contributed by atoms with E-state index < -0.39 is 0 Å². The predicted molar refractivity (Wildman–Crippen MR) is 89.3 cm³/mol. The van der Waals surface area contributed by atoms with Gasteiger partial charge in [-0.15, -0.1) is 24.8 Å². The van der Waals surface area contributed by atoms with Crippen molar-refractivity contribution in [2.24, 2.45) is 5.41 Å². The second-order valence-electron chi connectivity index (χ2n) is 6.44. The Morgan fingerprint density at radius 2 is 1.70 bits per heavy atom. The molecule has 0 unspecified atom stereocenters. The summed E-state index contributed by atoms with van der Waals surface area (Å²) in [5.41, 5.74) is 1.45. The highest BCUT2D eigenvalue weighted by Gasteiger charge is 2.35. The van der Waals surface area contributed by atoms with Gasteiger partial charge in [-0.1, -0.05) is 20.8 Å². The van der Waals surface area contributed by atoms with Crippen LogP contribution >= 0.6 is 24.8 Å². The zero-order chi connectivity index (χ0) is 13.3. The molecule has 0 aromatic carbocycles. The van der Waals surface area contributed by atoms with Crippen LogP contribution in [-0.4, -0.2) is 31.1 Å². The molecular formula is C15H28Cl2N2O. The van der Waals surface area contributed by atoms with Crippen molar-refractivity contribution in [1.82, 2.24) is 10.2 Å². The zero-order valence-corrected chi connectivity index (χ0v) is 14.8. The Balaban J connectivity index is 0.00000180. The maximum atomic E-state index is 5.99. The molecule has 1 aromatic heterocycles. The van der Waals surface area contributed by atoms with Crippen LogP contribution in [0.2, 0.25) is 0 Å². The third-order valence-electron chi connectivity index (χ3n) is 3.79. The number of furan rings is 1. The molecule has 118 valence electrons. The molecule has 1 aliphatic rings. The van der Waals surface area contributed by atoms with Crippen molar-refractivity contribution < 1.29 is 4.42 Å². The average Bonchev–Trinajstić information content (AvgIpc) is 2.58. The average molecular weight is 323 g/mol. The van der Waals surface area contributed by atoms with Crippen molar-refractivity contribution in [3.63, 3.8) is 0 Å². The SMILES string of the molecule is Cc1cc([C@H](N2CCNCC2)C(C)(C)C)oc1C.Cl.Cl. The van der Waals surface area contributed by atoms with Gasteiger partial charge in [0.2, 0.25) is 0 Å². The number of hydrogen-bond acceptors (Lipinski definition) is 3. The van der Waals surface area contributed by atoms with E-state index in [0.717, 1.165) is 37.7 Å². The number of halogens is 2. The summed E-state index contributed by atoms with van der Waals surface area (Å²) in [6, 6.07) is 2.58. The predicted octanol–water partition coefficient (Wildman–Crippen LogP) is 3.73. The summed E-state index contributed by atoms with van der Waals surface area (Å²) in [5.74, 6) is 2.17. The van der Waals surface area contributed by atoms with Crippen molar-refractivity contribution in [2.45, 2.75) is 40.7 Å². The topological polar surface area (TPSA) is 28.4 Å². The van der Waals surface area contributed by atoms with Crippen LogP contribution in [0.5, 0.6) is 0 Å². The third kappa shape index (κ3) is 4.39. The second kappa shape index (κ2) is 7.69. The van der Waals surface area contributed by atoms with E-state index in [0.29, 0.717) is 6.04 Å². The largest absolute Gasteiger partial charge is 0.464 e. The van der Waals surface area contributed by atoms with Crippen LogP contribution in [0, 0.1) is 19.3 Å². The standard InChI is InChI=1S/C15H26N2O.2ClH/c1-11-10-13(18-12(11)2)14(15(3,4)5)17-8-6-16-7-9-17;;/h10,14,16H,6-9H2,1-5H3;2*1H/t14-;;/m0../s1. The number of piperazine rings is 1. The fourth-order valence-corrected chi connectivity index (χ4v) is 2.83. The van der Waals surface area contributed by atoms with Crippen molar-refractivity contribution in [1.29, 1.82) is 0 Å². The summed E-state index contributed by atoms with van der Waals surface area (Å²) in [7, 11) is 0. The van der Waals surface area contributed by atoms with Crippen LogP contribution in [0.4, 0.5) is 0 Å². The minimum atomic E-state index is 0. The van der Waals surface area contributed by atoms with E-state index in [1.165, 1.54) is 5.56 Å². The molecule has 2 rings (SSSR count). The third-order valence-corrected chi connectivity index (χ3v) is 3.79. The van der Waals surface area contributed by atoms with Crippen LogP contribution in [0.15, 0.2) is 10.5 Å². The lowest BCUT2D eigenvalue weighted by Crippen LogP contribution is -2.48. The van der Waals surface area contributed by atoms with Gasteiger partial charge in [0.15, 0.2) is 0 Å². The lowest BCUT2D eigenvalue weighted by Gasteiger charge is -2.41. The fraction of sp³-hybridized carbons (Fsp3) is 0.733. The van der Waals surface area contributed by atoms with Gasteiger partial charge in [-0.05, 0) is 30.9 Å². The molecule has 0 saturated carbocycles. The maximum Gasteiger partial charge on any atom is 0.122 e. The monoisotopic (exact) mass is 322 g/mol. The van der Waals surface area contributed by atoms with Crippen molar-refractivity contribution in [3.8, 4) is 0 Å². The van der Waals surface area contributed by atoms with Gasteiger partial charge in [-0.2, -0.15) is 0 Å². The molecule has 1 atom stereocenters. The summed E-state index contributed by atoms with van der Waals surface area (Å²) in [6.07, 6.45) is 0. The molecule has 0 radical (unpaired) electrons. The second-order valence-corrected chi connectivity index (χ2v) is 6.44. The molecule has 1 fully saturated rings. The van der Waals surface area contributed by atoms with Gasteiger partial charge >= 0.3 is 0 Å². The van der Waals surface area contributed by atoms with E-state index >= 15 is 0 Å². The molecule has 0 spiro atoms. The first-order valence-electron chi connectivity index (χ1n) is 6.91. The van der Waals surface area contributed by atoms with Gasteiger partial charge in [-0.3, -0.25) is 4.90 Å². The van der Waals surface area contributed by atoms with E-state index in [9.17, 15) is 0 Å². The lowest BCUT2D eigenvalue weighted by molar-refractivity contribution is 0.0690. The number of hydrogen-bond donors (Lipinski definition) is 1. The fourth-order valence-electron chi connectivity index (χ4n) is 2.83. The Hall–Kier alpha value is -0.220. The number of aryl methyl sites for hydroxylation is 2. The number of nitrogens with one attached hydrogen (secondary N) is 1. The Morgan fingerprint density at radius 1 is 1.15 bits per heavy atom. The van der Waals surface area contributed by atoms with Gasteiger partial charge in [-0.25, -0.2) is 0 Å². The van der Waals surface area contributed by atoms with Crippen molar-refractivity contribution in [2.75, 3.05) is 26.2 Å². The molecule has 1 aromatic rings. The molecule has 1 N–H and O–H groups in total. The van der Waals surface area contributed by atoms with Gasteiger partial charge in [0.1, 0.15) is 11.5 Å². The molecule has 1 saturated heterocycles. The summed E-state index contributed by atoms with van der Waals surface area (Å²) in [6.45, 7) is 15.4. The molecular weight excluding hydrogens is 295 g/mol. The Labute approximate surface area is 135 Å². The number of rotatable bonds is 2. The summed E-state index contributed by atoms with van der Waals surface area (Å²) < 4.78 is 5.99. The van der Waals surface area contributed by atoms with E-state index in [4.69, 9.17) is 4.42 Å². The minimum Gasteiger partial charge on any atom is -0.464 e. The van der Waals surface area contributed by atoms with Gasteiger partial charge in [0.05, 0.1) is 6.04 Å². The highest BCUT2D eigenvalue weighted by atomic mass is 35.5. The zero-order valence-electron chi connectivity index (χ0n) is 13.2. The van der Waals surface area contributed by atoms with Gasteiger partial charge in [0, 0.05) is 26.2 Å². The van der Waals surface area contributed by atoms with E-state index in [1.54, 1.807) is 0 Å². The first-order valence-corrected chi connectivity index (χ1v) is 6.91. The quantitative estimate of drug-likeness (QED) is 0.899. The minimum absolute atomic E-state index is 0. The summed E-state index contributed by atoms with van der Waals surface area (Å²) >= 11 is 0. The molecule has 2 heterocycles. The Morgan fingerprint density at radius 3 is 2.10 bits per heavy atom. The van der Waals surface area contributed by atoms with Crippen LogP contribution in [0.3, 0.4) is 0 Å². The maximum absolute atomic E-state index is 5.99. The van der Waals surface area contributed by atoms with E-state index in [2.05, 4.69) is 50.9 Å². The first kappa shape index (κ1) is 19.8. The molecule has 0 bridgehead atoms. The van der Waals surface area contributed by atoms with Crippen LogP contribution in [-0.2, 0) is 0 Å².